The molecule has 4 nitrogen and oxygen atoms in total. The second-order valence-electron chi connectivity index (χ2n) is 5.83. The van der Waals surface area contributed by atoms with Gasteiger partial charge in [0.05, 0.1) is 25.4 Å². The van der Waals surface area contributed by atoms with E-state index in [4.69, 9.17) is 16.3 Å². The Kier molecular flexibility index (Phi) is 4.49. The minimum absolute atomic E-state index is 0.0721. The van der Waals surface area contributed by atoms with E-state index < -0.39 is 0 Å². The third-order valence-corrected chi connectivity index (χ3v) is 5.35. The highest BCUT2D eigenvalue weighted by atomic mass is 35.5. The molecule has 0 aliphatic carbocycles. The van der Waals surface area contributed by atoms with E-state index in [2.05, 4.69) is 4.98 Å². The van der Waals surface area contributed by atoms with Crippen LogP contribution >= 0.6 is 22.9 Å². The summed E-state index contributed by atoms with van der Waals surface area (Å²) in [5, 5.41) is 3.23. The van der Waals surface area contributed by atoms with Crippen molar-refractivity contribution in [3.63, 3.8) is 0 Å². The van der Waals surface area contributed by atoms with Crippen molar-refractivity contribution in [2.45, 2.75) is 6.54 Å². The molecule has 0 radical (unpaired) electrons. The lowest BCUT2D eigenvalue weighted by atomic mass is 10.1. The second-order valence-corrected chi connectivity index (χ2v) is 7.12. The van der Waals surface area contributed by atoms with Gasteiger partial charge < -0.3 is 4.74 Å². The normalized spacial score (nSPS) is 11.0. The average Bonchev–Trinajstić information content (AvgIpc) is 3.10. The summed E-state index contributed by atoms with van der Waals surface area (Å²) < 4.78 is 6.98. The van der Waals surface area contributed by atoms with Crippen LogP contribution in [0.2, 0.25) is 5.02 Å². The zero-order chi connectivity index (χ0) is 18.1. The number of hydrogen-bond acceptors (Lipinski definition) is 4. The Morgan fingerprint density at radius 3 is 2.77 bits per heavy atom. The molecule has 4 aromatic rings. The molecule has 0 amide bonds. The SMILES string of the molecule is COc1ccc(Cl)cc1Cn1cnc2scc(-c3ccccc3)c2c1=O. The minimum atomic E-state index is -0.0721. The van der Waals surface area contributed by atoms with Gasteiger partial charge in [-0.15, -0.1) is 11.3 Å². The van der Waals surface area contributed by atoms with E-state index in [0.29, 0.717) is 22.7 Å². The third kappa shape index (κ3) is 3.00. The van der Waals surface area contributed by atoms with Crippen molar-refractivity contribution in [2.24, 2.45) is 0 Å². The van der Waals surface area contributed by atoms with Gasteiger partial charge in [-0.05, 0) is 23.8 Å². The molecule has 0 N–H and O–H groups in total. The Balaban J connectivity index is 1.84. The van der Waals surface area contributed by atoms with Crippen molar-refractivity contribution in [2.75, 3.05) is 7.11 Å². The number of aromatic nitrogens is 2. The van der Waals surface area contributed by atoms with E-state index in [-0.39, 0.29) is 5.56 Å². The summed E-state index contributed by atoms with van der Waals surface area (Å²) in [6.07, 6.45) is 1.58. The monoisotopic (exact) mass is 382 g/mol. The van der Waals surface area contributed by atoms with E-state index >= 15 is 0 Å². The van der Waals surface area contributed by atoms with Crippen molar-refractivity contribution < 1.29 is 4.74 Å². The van der Waals surface area contributed by atoms with Gasteiger partial charge in [-0.25, -0.2) is 4.98 Å². The first-order valence-electron chi connectivity index (χ1n) is 8.02. The van der Waals surface area contributed by atoms with Crippen molar-refractivity contribution in [3.05, 3.63) is 81.2 Å². The zero-order valence-electron chi connectivity index (χ0n) is 14.0. The third-order valence-electron chi connectivity index (χ3n) is 4.23. The quantitative estimate of drug-likeness (QED) is 0.507. The maximum absolute atomic E-state index is 13.1. The lowest BCUT2D eigenvalue weighted by Gasteiger charge is -2.11. The lowest BCUT2D eigenvalue weighted by Crippen LogP contribution is -2.21. The molecule has 0 bridgehead atoms. The molecule has 26 heavy (non-hydrogen) atoms. The van der Waals surface area contributed by atoms with Crippen molar-refractivity contribution in [3.8, 4) is 16.9 Å². The predicted molar refractivity (Wildman–Crippen MR) is 106 cm³/mol. The van der Waals surface area contributed by atoms with Crippen molar-refractivity contribution in [1.82, 2.24) is 9.55 Å². The van der Waals surface area contributed by atoms with Gasteiger partial charge in [-0.1, -0.05) is 41.9 Å². The Morgan fingerprint density at radius 1 is 1.19 bits per heavy atom. The Morgan fingerprint density at radius 2 is 2.00 bits per heavy atom. The highest BCUT2D eigenvalue weighted by molar-refractivity contribution is 7.17. The summed E-state index contributed by atoms with van der Waals surface area (Å²) in [4.78, 5) is 18.3. The van der Waals surface area contributed by atoms with Crippen LogP contribution < -0.4 is 10.3 Å². The average molecular weight is 383 g/mol. The molecule has 0 unspecified atom stereocenters. The Bertz CT molecular complexity index is 1140. The van der Waals surface area contributed by atoms with E-state index in [1.165, 1.54) is 11.3 Å². The summed E-state index contributed by atoms with van der Waals surface area (Å²) in [6, 6.07) is 15.3. The molecule has 130 valence electrons. The van der Waals surface area contributed by atoms with Crippen LogP contribution in [0.3, 0.4) is 0 Å². The zero-order valence-corrected chi connectivity index (χ0v) is 15.6. The first kappa shape index (κ1) is 16.8. The van der Waals surface area contributed by atoms with E-state index in [9.17, 15) is 4.79 Å². The van der Waals surface area contributed by atoms with Crippen LogP contribution in [-0.4, -0.2) is 16.7 Å². The van der Waals surface area contributed by atoms with Crippen LogP contribution in [0.5, 0.6) is 5.75 Å². The molecular weight excluding hydrogens is 368 g/mol. The second kappa shape index (κ2) is 6.94. The number of methoxy groups -OCH3 is 1. The van der Waals surface area contributed by atoms with Gasteiger partial charge in [0.2, 0.25) is 0 Å². The van der Waals surface area contributed by atoms with Crippen LogP contribution in [0.4, 0.5) is 0 Å². The molecule has 0 aliphatic rings. The maximum atomic E-state index is 13.1. The highest BCUT2D eigenvalue weighted by Crippen LogP contribution is 2.30. The highest BCUT2D eigenvalue weighted by Gasteiger charge is 2.14. The number of benzene rings is 2. The molecule has 6 heteroatoms. The predicted octanol–water partition coefficient (Wildman–Crippen LogP) is 4.84. The van der Waals surface area contributed by atoms with E-state index in [1.807, 2.05) is 41.8 Å². The fourth-order valence-corrected chi connectivity index (χ4v) is 4.07. The number of thiophene rings is 1. The Labute approximate surface area is 159 Å². The van der Waals surface area contributed by atoms with Gasteiger partial charge in [0, 0.05) is 21.5 Å². The molecule has 0 spiro atoms. The molecule has 0 fully saturated rings. The largest absolute Gasteiger partial charge is 0.496 e. The van der Waals surface area contributed by atoms with E-state index in [1.54, 1.807) is 30.1 Å². The maximum Gasteiger partial charge on any atom is 0.263 e. The van der Waals surface area contributed by atoms with Crippen LogP contribution in [-0.2, 0) is 6.54 Å². The molecular formula is C20H15ClN2O2S. The molecule has 2 heterocycles. The first-order valence-corrected chi connectivity index (χ1v) is 9.27. The van der Waals surface area contributed by atoms with Crippen molar-refractivity contribution in [1.29, 1.82) is 0 Å². The number of nitrogens with zero attached hydrogens (tertiary/aromatic N) is 2. The van der Waals surface area contributed by atoms with Gasteiger partial charge in [0.15, 0.2) is 0 Å². The number of fused-ring (bicyclic) bond motifs is 1. The summed E-state index contributed by atoms with van der Waals surface area (Å²) in [5.41, 5.74) is 2.68. The topological polar surface area (TPSA) is 44.1 Å². The number of rotatable bonds is 4. The van der Waals surface area contributed by atoms with Crippen LogP contribution in [0.1, 0.15) is 5.56 Å². The number of ether oxygens (including phenoxy) is 1. The summed E-state index contributed by atoms with van der Waals surface area (Å²) in [5.74, 6) is 0.690. The number of halogens is 1. The van der Waals surface area contributed by atoms with E-state index in [0.717, 1.165) is 21.5 Å². The molecule has 0 aliphatic heterocycles. The smallest absolute Gasteiger partial charge is 0.263 e. The lowest BCUT2D eigenvalue weighted by molar-refractivity contribution is 0.408. The fourth-order valence-electron chi connectivity index (χ4n) is 2.96. The van der Waals surface area contributed by atoms with Gasteiger partial charge >= 0.3 is 0 Å². The Hall–Kier alpha value is -2.63. The molecule has 0 atom stereocenters. The van der Waals surface area contributed by atoms with Crippen LogP contribution in [0.15, 0.2) is 65.0 Å². The van der Waals surface area contributed by atoms with Gasteiger partial charge in [-0.3, -0.25) is 9.36 Å². The first-order chi connectivity index (χ1) is 12.7. The molecule has 2 aromatic carbocycles. The number of hydrogen-bond donors (Lipinski definition) is 0. The van der Waals surface area contributed by atoms with Crippen LogP contribution in [0.25, 0.3) is 21.3 Å². The minimum Gasteiger partial charge on any atom is -0.496 e. The van der Waals surface area contributed by atoms with Gasteiger partial charge in [0.25, 0.3) is 5.56 Å². The fraction of sp³-hybridized carbons (Fsp3) is 0.100. The van der Waals surface area contributed by atoms with Gasteiger partial charge in [0.1, 0.15) is 10.6 Å². The molecule has 0 saturated carbocycles. The summed E-state index contributed by atoms with van der Waals surface area (Å²) >= 11 is 7.58. The molecule has 0 saturated heterocycles. The molecule has 4 rings (SSSR count). The summed E-state index contributed by atoms with van der Waals surface area (Å²) in [6.45, 7) is 0.343. The summed E-state index contributed by atoms with van der Waals surface area (Å²) in [7, 11) is 1.60. The molecule has 2 aromatic heterocycles. The van der Waals surface area contributed by atoms with Gasteiger partial charge in [-0.2, -0.15) is 0 Å². The van der Waals surface area contributed by atoms with Crippen LogP contribution in [0, 0.1) is 0 Å². The standard InChI is InChI=1S/C20H15ClN2O2S/c1-25-17-8-7-15(21)9-14(17)10-23-12-22-19-18(20(23)24)16(11-26-19)13-5-3-2-4-6-13/h2-9,11-12H,10H2,1H3. The van der Waals surface area contributed by atoms with Crippen molar-refractivity contribution >= 4 is 33.2 Å².